The third-order valence-corrected chi connectivity index (χ3v) is 1.77. The predicted octanol–water partition coefficient (Wildman–Crippen LogP) is 0.366. The molecule has 3 nitrogen and oxygen atoms in total. The lowest BCUT2D eigenvalue weighted by atomic mass is 10.2. The maximum Gasteiger partial charge on any atom is 0.145 e. The number of thiocarbonyl (C=S) groups is 1. The van der Waals surface area contributed by atoms with E-state index in [1.54, 1.807) is 0 Å². The second-order valence-corrected chi connectivity index (χ2v) is 2.45. The van der Waals surface area contributed by atoms with Crippen molar-refractivity contribution >= 4 is 23.5 Å². The van der Waals surface area contributed by atoms with Crippen molar-refractivity contribution in [3.05, 3.63) is 0 Å². The number of aldehydes is 1. The summed E-state index contributed by atoms with van der Waals surface area (Å²) in [7, 11) is 0. The van der Waals surface area contributed by atoms with E-state index in [1.807, 2.05) is 0 Å². The highest BCUT2D eigenvalue weighted by Crippen LogP contribution is 2.14. The van der Waals surface area contributed by atoms with Crippen LogP contribution in [0, 0.1) is 0 Å². The lowest BCUT2D eigenvalue weighted by molar-refractivity contribution is -0.120. The molecule has 50 valence electrons. The van der Waals surface area contributed by atoms with Crippen LogP contribution < -0.4 is 0 Å². The SMILES string of the molecule is O=C[C@@H]1CCC(=S)N1O. The average Bonchev–Trinajstić information content (AvgIpc) is 2.15. The van der Waals surface area contributed by atoms with Gasteiger partial charge in [0.05, 0.1) is 0 Å². The molecular weight excluding hydrogens is 138 g/mol. The Hall–Kier alpha value is -0.480. The fourth-order valence-electron chi connectivity index (χ4n) is 0.819. The normalized spacial score (nSPS) is 27.0. The molecule has 0 aromatic carbocycles. The van der Waals surface area contributed by atoms with E-state index in [0.717, 1.165) is 5.06 Å². The van der Waals surface area contributed by atoms with E-state index in [4.69, 9.17) is 17.4 Å². The van der Waals surface area contributed by atoms with Crippen molar-refractivity contribution in [1.82, 2.24) is 5.06 Å². The van der Waals surface area contributed by atoms with Crippen LogP contribution in [0.5, 0.6) is 0 Å². The standard InChI is InChI=1S/C5H7NO2S/c7-3-4-1-2-5(9)6(4)8/h3-4,8H,1-2H2/t4-/m0/s1. The van der Waals surface area contributed by atoms with Crippen molar-refractivity contribution in [1.29, 1.82) is 0 Å². The minimum Gasteiger partial charge on any atom is -0.301 e. The first-order chi connectivity index (χ1) is 4.25. The molecule has 0 aromatic rings. The van der Waals surface area contributed by atoms with Gasteiger partial charge < -0.3 is 4.79 Å². The predicted molar refractivity (Wildman–Crippen MR) is 35.3 cm³/mol. The minimum atomic E-state index is -0.391. The van der Waals surface area contributed by atoms with Crippen LogP contribution in [0.15, 0.2) is 0 Å². The Labute approximate surface area is 58.2 Å². The zero-order chi connectivity index (χ0) is 6.85. The van der Waals surface area contributed by atoms with Gasteiger partial charge in [-0.05, 0) is 6.42 Å². The van der Waals surface area contributed by atoms with Gasteiger partial charge in [0, 0.05) is 6.42 Å². The molecular formula is C5H7NO2S. The van der Waals surface area contributed by atoms with E-state index in [-0.39, 0.29) is 0 Å². The highest BCUT2D eigenvalue weighted by molar-refractivity contribution is 7.80. The van der Waals surface area contributed by atoms with E-state index in [1.165, 1.54) is 0 Å². The van der Waals surface area contributed by atoms with Gasteiger partial charge in [0.25, 0.3) is 0 Å². The number of carbonyl (C=O) groups excluding carboxylic acids is 1. The zero-order valence-electron chi connectivity index (χ0n) is 4.78. The van der Waals surface area contributed by atoms with Crippen molar-refractivity contribution in [3.63, 3.8) is 0 Å². The van der Waals surface area contributed by atoms with E-state index < -0.39 is 6.04 Å². The van der Waals surface area contributed by atoms with Crippen LogP contribution >= 0.6 is 12.2 Å². The minimum absolute atomic E-state index is 0.391. The fourth-order valence-corrected chi connectivity index (χ4v) is 1.07. The molecule has 1 aliphatic rings. The highest BCUT2D eigenvalue weighted by atomic mass is 32.1. The fraction of sp³-hybridized carbons (Fsp3) is 0.600. The van der Waals surface area contributed by atoms with Gasteiger partial charge in [0.2, 0.25) is 0 Å². The van der Waals surface area contributed by atoms with Crippen molar-refractivity contribution in [3.8, 4) is 0 Å². The molecule has 0 amide bonds. The lowest BCUT2D eigenvalue weighted by Crippen LogP contribution is -2.29. The van der Waals surface area contributed by atoms with Crippen molar-refractivity contribution in [2.24, 2.45) is 0 Å². The number of nitrogens with zero attached hydrogens (tertiary/aromatic N) is 1. The summed E-state index contributed by atoms with van der Waals surface area (Å²) < 4.78 is 0. The van der Waals surface area contributed by atoms with Crippen molar-refractivity contribution in [2.45, 2.75) is 18.9 Å². The Morgan fingerprint density at radius 1 is 1.89 bits per heavy atom. The third-order valence-electron chi connectivity index (χ3n) is 1.38. The van der Waals surface area contributed by atoms with E-state index in [2.05, 4.69) is 0 Å². The molecule has 1 saturated heterocycles. The Balaban J connectivity index is 2.61. The summed E-state index contributed by atoms with van der Waals surface area (Å²) in [6, 6.07) is -0.391. The zero-order valence-corrected chi connectivity index (χ0v) is 5.60. The molecule has 0 unspecified atom stereocenters. The van der Waals surface area contributed by atoms with Gasteiger partial charge in [-0.2, -0.15) is 0 Å². The summed E-state index contributed by atoms with van der Waals surface area (Å²) in [6.45, 7) is 0. The Bertz CT molecular complexity index is 148. The molecule has 0 aromatic heterocycles. The first kappa shape index (κ1) is 6.64. The van der Waals surface area contributed by atoms with Crippen LogP contribution in [0.25, 0.3) is 0 Å². The second kappa shape index (κ2) is 2.41. The van der Waals surface area contributed by atoms with Crippen LogP contribution in [0.3, 0.4) is 0 Å². The number of carbonyl (C=O) groups is 1. The Morgan fingerprint density at radius 3 is 2.78 bits per heavy atom. The van der Waals surface area contributed by atoms with E-state index in [9.17, 15) is 4.79 Å². The largest absolute Gasteiger partial charge is 0.301 e. The van der Waals surface area contributed by atoms with Gasteiger partial charge in [-0.1, -0.05) is 12.2 Å². The number of hydrogen-bond donors (Lipinski definition) is 1. The van der Waals surface area contributed by atoms with Crippen LogP contribution in [-0.2, 0) is 4.79 Å². The first-order valence-corrected chi connectivity index (χ1v) is 3.13. The third kappa shape index (κ3) is 1.09. The average molecular weight is 145 g/mol. The summed E-state index contributed by atoms with van der Waals surface area (Å²) in [6.07, 6.45) is 2.01. The quantitative estimate of drug-likeness (QED) is 0.427. The number of rotatable bonds is 1. The number of hydroxylamine groups is 2. The van der Waals surface area contributed by atoms with Gasteiger partial charge in [-0.15, -0.1) is 0 Å². The lowest BCUT2D eigenvalue weighted by Gasteiger charge is -2.11. The summed E-state index contributed by atoms with van der Waals surface area (Å²) in [5.74, 6) is 0. The Kier molecular flexibility index (Phi) is 1.78. The van der Waals surface area contributed by atoms with Crippen molar-refractivity contribution in [2.75, 3.05) is 0 Å². The molecule has 0 saturated carbocycles. The second-order valence-electron chi connectivity index (χ2n) is 1.98. The van der Waals surface area contributed by atoms with Gasteiger partial charge >= 0.3 is 0 Å². The monoisotopic (exact) mass is 145 g/mol. The summed E-state index contributed by atoms with van der Waals surface area (Å²) in [5.41, 5.74) is 0. The summed E-state index contributed by atoms with van der Waals surface area (Å²) in [5, 5.41) is 9.78. The molecule has 0 spiro atoms. The summed E-state index contributed by atoms with van der Waals surface area (Å²) >= 11 is 4.70. The van der Waals surface area contributed by atoms with Gasteiger partial charge in [0.1, 0.15) is 17.3 Å². The molecule has 9 heavy (non-hydrogen) atoms. The molecule has 0 bridgehead atoms. The van der Waals surface area contributed by atoms with E-state index in [0.29, 0.717) is 24.1 Å². The molecule has 1 aliphatic heterocycles. The topological polar surface area (TPSA) is 40.5 Å². The molecule has 1 atom stereocenters. The molecule has 0 aliphatic carbocycles. The van der Waals surface area contributed by atoms with Gasteiger partial charge in [-0.25, -0.2) is 5.06 Å². The molecule has 1 rings (SSSR count). The molecule has 1 N–H and O–H groups in total. The van der Waals surface area contributed by atoms with Gasteiger partial charge in [-0.3, -0.25) is 5.21 Å². The van der Waals surface area contributed by atoms with E-state index >= 15 is 0 Å². The van der Waals surface area contributed by atoms with Gasteiger partial charge in [0.15, 0.2) is 0 Å². The maximum atomic E-state index is 10.1. The van der Waals surface area contributed by atoms with Crippen molar-refractivity contribution < 1.29 is 10.0 Å². The highest BCUT2D eigenvalue weighted by Gasteiger charge is 2.25. The molecule has 0 radical (unpaired) electrons. The van der Waals surface area contributed by atoms with Crippen LogP contribution in [0.4, 0.5) is 0 Å². The maximum absolute atomic E-state index is 10.1. The summed E-state index contributed by atoms with van der Waals surface area (Å²) in [4.78, 5) is 10.6. The van der Waals surface area contributed by atoms with Crippen LogP contribution in [-0.4, -0.2) is 27.6 Å². The number of hydrogen-bond acceptors (Lipinski definition) is 3. The molecule has 4 heteroatoms. The van der Waals surface area contributed by atoms with Crippen LogP contribution in [0.1, 0.15) is 12.8 Å². The molecule has 1 heterocycles. The molecule has 1 fully saturated rings. The smallest absolute Gasteiger partial charge is 0.145 e. The van der Waals surface area contributed by atoms with Crippen LogP contribution in [0.2, 0.25) is 0 Å². The Morgan fingerprint density at radius 2 is 2.56 bits per heavy atom. The first-order valence-electron chi connectivity index (χ1n) is 2.72.